The summed E-state index contributed by atoms with van der Waals surface area (Å²) >= 11 is 3.14. The summed E-state index contributed by atoms with van der Waals surface area (Å²) in [6.07, 6.45) is 0.769. The highest BCUT2D eigenvalue weighted by Gasteiger charge is 2.24. The van der Waals surface area contributed by atoms with Crippen LogP contribution in [0.3, 0.4) is 0 Å². The molecule has 0 saturated carbocycles. The maximum atomic E-state index is 11.9. The molecule has 5 nitrogen and oxygen atoms in total. The Hall–Kier alpha value is -0.590. The Morgan fingerprint density at radius 2 is 1.57 bits per heavy atom. The predicted octanol–water partition coefficient (Wildman–Crippen LogP) is 6.38. The van der Waals surface area contributed by atoms with Crippen molar-refractivity contribution in [2.45, 2.75) is 41.5 Å². The minimum absolute atomic E-state index is 0.0925. The first-order chi connectivity index (χ1) is 13.1. The van der Waals surface area contributed by atoms with E-state index in [1.54, 1.807) is 24.3 Å². The van der Waals surface area contributed by atoms with Crippen LogP contribution in [0.15, 0.2) is 24.3 Å². The van der Waals surface area contributed by atoms with Crippen molar-refractivity contribution in [1.82, 2.24) is 0 Å². The zero-order valence-electron chi connectivity index (χ0n) is 17.7. The van der Waals surface area contributed by atoms with Gasteiger partial charge in [-0.25, -0.2) is 4.57 Å². The van der Waals surface area contributed by atoms with Crippen molar-refractivity contribution in [3.05, 3.63) is 35.4 Å². The van der Waals surface area contributed by atoms with E-state index >= 15 is 0 Å². The number of aldehydes is 1. The van der Waals surface area contributed by atoms with Crippen LogP contribution in [0.25, 0.3) is 0 Å². The molecule has 0 aliphatic carbocycles. The molecule has 0 spiro atoms. The normalized spacial score (nSPS) is 11.5. The summed E-state index contributed by atoms with van der Waals surface area (Å²) in [5, 5.41) is 0. The Morgan fingerprint density at radius 3 is 1.96 bits per heavy atom. The number of hydrogen-bond donors (Lipinski definition) is 0. The van der Waals surface area contributed by atoms with Crippen LogP contribution in [-0.4, -0.2) is 42.5 Å². The van der Waals surface area contributed by atoms with Gasteiger partial charge in [-0.3, -0.25) is 9.59 Å². The summed E-state index contributed by atoms with van der Waals surface area (Å²) in [5.74, 6) is 2.99. The number of thioether (sulfide) groups is 1. The topological polar surface area (TPSA) is 69.7 Å². The Morgan fingerprint density at radius 1 is 1.04 bits per heavy atom. The number of rotatable bonds is 11. The second kappa shape index (κ2) is 14.4. The van der Waals surface area contributed by atoms with Crippen molar-refractivity contribution in [2.24, 2.45) is 5.41 Å². The van der Waals surface area contributed by atoms with Gasteiger partial charge in [0, 0.05) is 28.0 Å². The molecule has 0 aromatic heterocycles. The van der Waals surface area contributed by atoms with Crippen LogP contribution in [-0.2, 0) is 13.6 Å². The fraction of sp³-hybridized carbons (Fsp3) is 0.600. The van der Waals surface area contributed by atoms with Crippen molar-refractivity contribution in [1.29, 1.82) is 0 Å². The standard InChI is InChI=1S/C12H14O2.C8H19O3PS2/c1-12(2,3)11(14)10-6-4-9(8-13)5-7-10;1-4-10-12(9,11-5-2)14-8-7-13-6-3/h4-8H,1-3H3;4-8H2,1-3H3. The van der Waals surface area contributed by atoms with Crippen LogP contribution in [0.4, 0.5) is 0 Å². The molecule has 0 N–H and O–H groups in total. The summed E-state index contributed by atoms with van der Waals surface area (Å²) in [4.78, 5) is 22.2. The van der Waals surface area contributed by atoms with Crippen LogP contribution < -0.4 is 0 Å². The quantitative estimate of drug-likeness (QED) is 0.168. The summed E-state index contributed by atoms with van der Waals surface area (Å²) < 4.78 is 22.2. The van der Waals surface area contributed by atoms with Crippen LogP contribution in [0, 0.1) is 5.41 Å². The molecule has 0 atom stereocenters. The number of ketones is 1. The first-order valence-corrected chi connectivity index (χ1v) is 13.6. The lowest BCUT2D eigenvalue weighted by molar-refractivity contribution is 0.0858. The Labute approximate surface area is 178 Å². The Balaban J connectivity index is 0.000000521. The number of carbonyl (C=O) groups is 2. The molecule has 0 heterocycles. The van der Waals surface area contributed by atoms with Gasteiger partial charge < -0.3 is 9.05 Å². The number of benzene rings is 1. The molecule has 8 heteroatoms. The van der Waals surface area contributed by atoms with Gasteiger partial charge in [-0.15, -0.1) is 0 Å². The number of Topliss-reactive ketones (excluding diaryl/α,β-unsaturated/α-hetero) is 1. The van der Waals surface area contributed by atoms with E-state index in [9.17, 15) is 14.2 Å². The van der Waals surface area contributed by atoms with E-state index in [0.717, 1.165) is 23.5 Å². The molecule has 1 aromatic carbocycles. The molecule has 0 fully saturated rings. The average Bonchev–Trinajstić information content (AvgIpc) is 2.65. The summed E-state index contributed by atoms with van der Waals surface area (Å²) in [6.45, 7) is 9.41. The maximum Gasteiger partial charge on any atom is 0.389 e. The summed E-state index contributed by atoms with van der Waals surface area (Å²) in [6, 6.07) is 6.70. The van der Waals surface area contributed by atoms with Gasteiger partial charge in [0.05, 0.1) is 13.2 Å². The molecule has 1 aromatic rings. The van der Waals surface area contributed by atoms with E-state index in [-0.39, 0.29) is 11.2 Å². The van der Waals surface area contributed by atoms with E-state index < -0.39 is 6.80 Å². The zero-order valence-corrected chi connectivity index (χ0v) is 20.3. The van der Waals surface area contributed by atoms with E-state index in [1.807, 2.05) is 46.4 Å². The molecule has 0 aliphatic rings. The van der Waals surface area contributed by atoms with Gasteiger partial charge in [0.25, 0.3) is 0 Å². The monoisotopic (exact) mass is 448 g/mol. The third-order valence-electron chi connectivity index (χ3n) is 3.25. The highest BCUT2D eigenvalue weighted by Crippen LogP contribution is 2.60. The van der Waals surface area contributed by atoms with E-state index in [2.05, 4.69) is 6.92 Å². The molecule has 0 radical (unpaired) electrons. The SMILES string of the molecule is CC(C)(C)C(=O)c1ccc(C=O)cc1.CCOP(=O)(OCC)SCCSCC. The van der Waals surface area contributed by atoms with Gasteiger partial charge in [-0.1, -0.05) is 52.0 Å². The second-order valence-electron chi connectivity index (χ2n) is 6.63. The zero-order chi connectivity index (χ0) is 21.6. The predicted molar refractivity (Wildman–Crippen MR) is 122 cm³/mol. The van der Waals surface area contributed by atoms with Gasteiger partial charge >= 0.3 is 6.80 Å². The van der Waals surface area contributed by atoms with Crippen LogP contribution in [0.1, 0.15) is 62.3 Å². The fourth-order valence-corrected chi connectivity index (χ4v) is 6.49. The van der Waals surface area contributed by atoms with Crippen molar-refractivity contribution in [3.8, 4) is 0 Å². The lowest BCUT2D eigenvalue weighted by Crippen LogP contribution is -2.20. The number of hydrogen-bond acceptors (Lipinski definition) is 7. The first kappa shape index (κ1) is 27.4. The van der Waals surface area contributed by atoms with Crippen molar-refractivity contribution in [2.75, 3.05) is 30.5 Å². The Bertz CT molecular complexity index is 616. The third-order valence-corrected chi connectivity index (χ3v) is 8.39. The molecule has 0 bridgehead atoms. The summed E-state index contributed by atoms with van der Waals surface area (Å²) in [7, 11) is 0. The third kappa shape index (κ3) is 11.4. The molecule has 0 amide bonds. The number of carbonyl (C=O) groups excluding carboxylic acids is 2. The van der Waals surface area contributed by atoms with E-state index in [0.29, 0.717) is 24.3 Å². The molecule has 1 rings (SSSR count). The van der Waals surface area contributed by atoms with E-state index in [4.69, 9.17) is 9.05 Å². The van der Waals surface area contributed by atoms with Crippen LogP contribution >= 0.6 is 29.9 Å². The minimum Gasteiger partial charge on any atom is -0.301 e. The molecule has 0 unspecified atom stereocenters. The lowest BCUT2D eigenvalue weighted by atomic mass is 9.86. The molecule has 0 saturated heterocycles. The molecular formula is C20H33O5PS2. The molecule has 28 heavy (non-hydrogen) atoms. The van der Waals surface area contributed by atoms with Crippen molar-refractivity contribution in [3.63, 3.8) is 0 Å². The van der Waals surface area contributed by atoms with Crippen LogP contribution in [0.5, 0.6) is 0 Å². The fourth-order valence-electron chi connectivity index (χ4n) is 1.93. The van der Waals surface area contributed by atoms with Gasteiger partial charge in [-0.2, -0.15) is 11.8 Å². The smallest absolute Gasteiger partial charge is 0.301 e. The molecule has 160 valence electrons. The van der Waals surface area contributed by atoms with Crippen molar-refractivity contribution >= 4 is 42.0 Å². The van der Waals surface area contributed by atoms with E-state index in [1.165, 1.54) is 11.4 Å². The van der Waals surface area contributed by atoms with Gasteiger partial charge in [0.2, 0.25) is 0 Å². The van der Waals surface area contributed by atoms with Gasteiger partial charge in [0.1, 0.15) is 6.29 Å². The second-order valence-corrected chi connectivity index (χ2v) is 12.2. The maximum absolute atomic E-state index is 11.9. The molecular weight excluding hydrogens is 415 g/mol. The highest BCUT2D eigenvalue weighted by atomic mass is 32.7. The first-order valence-electron chi connectivity index (χ1n) is 9.34. The van der Waals surface area contributed by atoms with Crippen LogP contribution in [0.2, 0.25) is 0 Å². The molecule has 0 aliphatic heterocycles. The average molecular weight is 449 g/mol. The Kier molecular flexibility index (Phi) is 14.1. The van der Waals surface area contributed by atoms with Crippen molar-refractivity contribution < 1.29 is 23.2 Å². The van der Waals surface area contributed by atoms with Gasteiger partial charge in [0.15, 0.2) is 5.78 Å². The minimum atomic E-state index is -2.86. The highest BCUT2D eigenvalue weighted by molar-refractivity contribution is 8.55. The van der Waals surface area contributed by atoms with Gasteiger partial charge in [-0.05, 0) is 31.0 Å². The largest absolute Gasteiger partial charge is 0.389 e. The summed E-state index contributed by atoms with van der Waals surface area (Å²) in [5.41, 5.74) is 0.876. The lowest BCUT2D eigenvalue weighted by Gasteiger charge is -2.16.